The van der Waals surface area contributed by atoms with E-state index in [2.05, 4.69) is 10.3 Å². The molecule has 1 atom stereocenters. The molecule has 5 nitrogen and oxygen atoms in total. The Balaban J connectivity index is 1.64. The number of rotatable bonds is 5. The van der Waals surface area contributed by atoms with Crippen molar-refractivity contribution in [3.8, 4) is 5.75 Å². The van der Waals surface area contributed by atoms with E-state index in [0.717, 1.165) is 5.75 Å². The minimum absolute atomic E-state index is 0.0810. The highest BCUT2D eigenvalue weighted by molar-refractivity contribution is 7.91. The fourth-order valence-corrected chi connectivity index (χ4v) is 3.53. The predicted octanol–water partition coefficient (Wildman–Crippen LogP) is 0.237. The molecule has 0 amide bonds. The molecule has 17 heavy (non-hydrogen) atoms. The summed E-state index contributed by atoms with van der Waals surface area (Å²) in [5.74, 6) is 1.28. The smallest absolute Gasteiger partial charge is 0.151 e. The molecule has 94 valence electrons. The lowest BCUT2D eigenvalue weighted by molar-refractivity contribution is 0.306. The zero-order valence-corrected chi connectivity index (χ0v) is 10.3. The second-order valence-electron chi connectivity index (χ2n) is 4.09. The zero-order chi connectivity index (χ0) is 12.1. The molecule has 0 spiro atoms. The molecule has 1 aromatic rings. The fourth-order valence-electron chi connectivity index (χ4n) is 1.82. The number of ether oxygens (including phenoxy) is 1. The first-order valence-corrected chi connectivity index (χ1v) is 7.44. The normalized spacial score (nSPS) is 22.5. The molecule has 1 fully saturated rings. The van der Waals surface area contributed by atoms with Crippen molar-refractivity contribution in [2.45, 2.75) is 12.5 Å². The van der Waals surface area contributed by atoms with Crippen LogP contribution in [0.1, 0.15) is 6.42 Å². The molecule has 0 saturated carbocycles. The van der Waals surface area contributed by atoms with E-state index in [1.807, 2.05) is 12.1 Å². The first-order chi connectivity index (χ1) is 8.16. The number of nitrogens with zero attached hydrogens (tertiary/aromatic N) is 1. The summed E-state index contributed by atoms with van der Waals surface area (Å²) < 4.78 is 27.9. The molecule has 0 radical (unpaired) electrons. The SMILES string of the molecule is O=S1(=O)CCC(NCCOc2cccnc2)C1. The maximum absolute atomic E-state index is 11.2. The van der Waals surface area contributed by atoms with Crippen molar-refractivity contribution in [3.05, 3.63) is 24.5 Å². The Labute approximate surface area is 101 Å². The van der Waals surface area contributed by atoms with Gasteiger partial charge in [0.15, 0.2) is 9.84 Å². The van der Waals surface area contributed by atoms with Crippen LogP contribution in [0.4, 0.5) is 0 Å². The number of pyridine rings is 1. The Bertz CT molecular complexity index is 447. The van der Waals surface area contributed by atoms with Crippen LogP contribution in [-0.4, -0.2) is 44.1 Å². The standard InChI is InChI=1S/C11H16N2O3S/c14-17(15)7-3-10(9-17)13-5-6-16-11-2-1-4-12-8-11/h1-2,4,8,10,13H,3,5-7,9H2. The molecule has 0 bridgehead atoms. The molecule has 2 heterocycles. The van der Waals surface area contributed by atoms with Crippen LogP contribution in [0.15, 0.2) is 24.5 Å². The maximum atomic E-state index is 11.2. The Morgan fingerprint density at radius 3 is 3.06 bits per heavy atom. The Kier molecular flexibility index (Phi) is 3.96. The number of aromatic nitrogens is 1. The van der Waals surface area contributed by atoms with Crippen LogP contribution in [0.25, 0.3) is 0 Å². The van der Waals surface area contributed by atoms with Crippen LogP contribution in [-0.2, 0) is 9.84 Å². The van der Waals surface area contributed by atoms with Crippen LogP contribution >= 0.6 is 0 Å². The molecule has 1 unspecified atom stereocenters. The summed E-state index contributed by atoms with van der Waals surface area (Å²) in [6.07, 6.45) is 4.05. The molecule has 1 aliphatic heterocycles. The molecule has 0 aromatic carbocycles. The van der Waals surface area contributed by atoms with Gasteiger partial charge in [-0.25, -0.2) is 8.42 Å². The first-order valence-electron chi connectivity index (χ1n) is 5.62. The van der Waals surface area contributed by atoms with E-state index in [1.54, 1.807) is 12.4 Å². The lowest BCUT2D eigenvalue weighted by atomic mass is 10.3. The van der Waals surface area contributed by atoms with Gasteiger partial charge in [-0.15, -0.1) is 0 Å². The summed E-state index contributed by atoms with van der Waals surface area (Å²) >= 11 is 0. The Hall–Kier alpha value is -1.14. The summed E-state index contributed by atoms with van der Waals surface area (Å²) in [4.78, 5) is 3.94. The second-order valence-corrected chi connectivity index (χ2v) is 6.32. The highest BCUT2D eigenvalue weighted by Gasteiger charge is 2.26. The lowest BCUT2D eigenvalue weighted by Gasteiger charge is -2.11. The van der Waals surface area contributed by atoms with Crippen molar-refractivity contribution in [1.29, 1.82) is 0 Å². The zero-order valence-electron chi connectivity index (χ0n) is 9.50. The van der Waals surface area contributed by atoms with Gasteiger partial charge in [0, 0.05) is 18.8 Å². The molecule has 6 heteroatoms. The summed E-state index contributed by atoms with van der Waals surface area (Å²) in [7, 11) is -2.80. The highest BCUT2D eigenvalue weighted by Crippen LogP contribution is 2.11. The largest absolute Gasteiger partial charge is 0.491 e. The topological polar surface area (TPSA) is 68.3 Å². The van der Waals surface area contributed by atoms with Gasteiger partial charge in [0.2, 0.25) is 0 Å². The average Bonchev–Trinajstić information content (AvgIpc) is 2.66. The maximum Gasteiger partial charge on any atom is 0.151 e. The lowest BCUT2D eigenvalue weighted by Crippen LogP contribution is -2.33. The number of hydrogen-bond donors (Lipinski definition) is 1. The van der Waals surface area contributed by atoms with Crippen molar-refractivity contribution < 1.29 is 13.2 Å². The van der Waals surface area contributed by atoms with Gasteiger partial charge in [-0.2, -0.15) is 0 Å². The van der Waals surface area contributed by atoms with Crippen molar-refractivity contribution in [2.24, 2.45) is 0 Å². The van der Waals surface area contributed by atoms with Gasteiger partial charge in [-0.3, -0.25) is 4.98 Å². The monoisotopic (exact) mass is 256 g/mol. The molecule has 1 N–H and O–H groups in total. The first kappa shape index (κ1) is 12.3. The van der Waals surface area contributed by atoms with Gasteiger partial charge in [-0.05, 0) is 18.6 Å². The van der Waals surface area contributed by atoms with Gasteiger partial charge >= 0.3 is 0 Å². The Morgan fingerprint density at radius 1 is 1.53 bits per heavy atom. The van der Waals surface area contributed by atoms with Crippen molar-refractivity contribution in [3.63, 3.8) is 0 Å². The third-order valence-corrected chi connectivity index (χ3v) is 4.44. The average molecular weight is 256 g/mol. The van der Waals surface area contributed by atoms with Gasteiger partial charge in [0.1, 0.15) is 12.4 Å². The van der Waals surface area contributed by atoms with E-state index in [9.17, 15) is 8.42 Å². The third-order valence-electron chi connectivity index (χ3n) is 2.67. The molecule has 2 rings (SSSR count). The number of hydrogen-bond acceptors (Lipinski definition) is 5. The van der Waals surface area contributed by atoms with Crippen LogP contribution < -0.4 is 10.1 Å². The minimum atomic E-state index is -2.80. The van der Waals surface area contributed by atoms with E-state index >= 15 is 0 Å². The van der Waals surface area contributed by atoms with Crippen LogP contribution in [0.3, 0.4) is 0 Å². The summed E-state index contributed by atoms with van der Waals surface area (Å²) in [5, 5.41) is 3.18. The van der Waals surface area contributed by atoms with E-state index in [0.29, 0.717) is 25.3 Å². The Morgan fingerprint density at radius 2 is 2.41 bits per heavy atom. The van der Waals surface area contributed by atoms with E-state index < -0.39 is 9.84 Å². The van der Waals surface area contributed by atoms with Gasteiger partial charge in [-0.1, -0.05) is 0 Å². The van der Waals surface area contributed by atoms with E-state index in [1.165, 1.54) is 0 Å². The second kappa shape index (κ2) is 5.46. The van der Waals surface area contributed by atoms with Crippen LogP contribution in [0.2, 0.25) is 0 Å². The summed E-state index contributed by atoms with van der Waals surface area (Å²) in [6.45, 7) is 1.16. The van der Waals surface area contributed by atoms with Crippen molar-refractivity contribution in [2.75, 3.05) is 24.7 Å². The molecular weight excluding hydrogens is 240 g/mol. The number of nitrogens with one attached hydrogen (secondary N) is 1. The predicted molar refractivity (Wildman–Crippen MR) is 64.8 cm³/mol. The molecule has 1 saturated heterocycles. The quantitative estimate of drug-likeness (QED) is 0.764. The van der Waals surface area contributed by atoms with Gasteiger partial charge in [0.25, 0.3) is 0 Å². The summed E-state index contributed by atoms with van der Waals surface area (Å²) in [6, 6.07) is 3.73. The third kappa shape index (κ3) is 3.98. The van der Waals surface area contributed by atoms with Crippen LogP contribution in [0.5, 0.6) is 5.75 Å². The highest BCUT2D eigenvalue weighted by atomic mass is 32.2. The van der Waals surface area contributed by atoms with E-state index in [4.69, 9.17) is 4.74 Å². The van der Waals surface area contributed by atoms with Crippen molar-refractivity contribution >= 4 is 9.84 Å². The molecule has 0 aliphatic carbocycles. The number of sulfone groups is 1. The van der Waals surface area contributed by atoms with Gasteiger partial charge in [0.05, 0.1) is 17.7 Å². The van der Waals surface area contributed by atoms with E-state index in [-0.39, 0.29) is 11.8 Å². The fraction of sp³-hybridized carbons (Fsp3) is 0.545. The molecule has 1 aliphatic rings. The molecule has 1 aromatic heterocycles. The minimum Gasteiger partial charge on any atom is -0.491 e. The molecular formula is C11H16N2O3S. The van der Waals surface area contributed by atoms with Crippen LogP contribution in [0, 0.1) is 0 Å². The summed E-state index contributed by atoms with van der Waals surface area (Å²) in [5.41, 5.74) is 0. The van der Waals surface area contributed by atoms with Crippen molar-refractivity contribution in [1.82, 2.24) is 10.3 Å². The van der Waals surface area contributed by atoms with Gasteiger partial charge < -0.3 is 10.1 Å².